The molecule has 0 amide bonds. The molecular formula is C56H39N. The average molecular weight is 726 g/mol. The first-order valence-electron chi connectivity index (χ1n) is 19.6. The fraction of sp³-hybridized carbons (Fsp3) is 0. The first-order valence-corrected chi connectivity index (χ1v) is 19.6. The molecule has 0 radical (unpaired) electrons. The van der Waals surface area contributed by atoms with E-state index < -0.39 is 0 Å². The summed E-state index contributed by atoms with van der Waals surface area (Å²) in [5.41, 5.74) is 15.4. The number of nitrogens with zero attached hydrogens (tertiary/aromatic N) is 1. The third-order valence-electron chi connectivity index (χ3n) is 11.1. The Morgan fingerprint density at radius 3 is 1.35 bits per heavy atom. The van der Waals surface area contributed by atoms with Crippen molar-refractivity contribution in [3.05, 3.63) is 237 Å². The minimum atomic E-state index is 1.09. The van der Waals surface area contributed by atoms with Gasteiger partial charge in [0.1, 0.15) is 0 Å². The molecule has 10 rings (SSSR count). The molecule has 0 heterocycles. The van der Waals surface area contributed by atoms with Gasteiger partial charge in [0, 0.05) is 17.1 Å². The lowest BCUT2D eigenvalue weighted by Gasteiger charge is -2.26. The molecule has 0 aliphatic heterocycles. The van der Waals surface area contributed by atoms with Crippen molar-refractivity contribution in [1.82, 2.24) is 0 Å². The molecule has 57 heavy (non-hydrogen) atoms. The summed E-state index contributed by atoms with van der Waals surface area (Å²) in [6.07, 6.45) is 0. The number of anilines is 3. The smallest absolute Gasteiger partial charge is 0.0467 e. The van der Waals surface area contributed by atoms with E-state index in [2.05, 4.69) is 241 Å². The zero-order chi connectivity index (χ0) is 38.0. The third kappa shape index (κ3) is 6.77. The van der Waals surface area contributed by atoms with E-state index in [4.69, 9.17) is 0 Å². The van der Waals surface area contributed by atoms with Crippen molar-refractivity contribution >= 4 is 38.6 Å². The maximum Gasteiger partial charge on any atom is 0.0467 e. The molecule has 0 spiro atoms. The van der Waals surface area contributed by atoms with Crippen LogP contribution in [0.2, 0.25) is 0 Å². The molecular weight excluding hydrogens is 687 g/mol. The van der Waals surface area contributed by atoms with E-state index in [9.17, 15) is 0 Å². The topological polar surface area (TPSA) is 3.24 Å². The SMILES string of the molecule is c1ccc(-c2ccc(-c3ccc(N(c4ccc(-c5ccc6ccccc6c5-c5ccccc5)cc4)c4cccc(-c5ccc6ccccc6c5)c4)cc3)cc2)cc1. The minimum absolute atomic E-state index is 1.09. The van der Waals surface area contributed by atoms with Crippen LogP contribution >= 0.6 is 0 Å². The van der Waals surface area contributed by atoms with Gasteiger partial charge in [-0.05, 0) is 120 Å². The second kappa shape index (κ2) is 15.0. The van der Waals surface area contributed by atoms with Gasteiger partial charge in [-0.1, -0.05) is 194 Å². The van der Waals surface area contributed by atoms with Crippen LogP contribution in [-0.4, -0.2) is 0 Å². The predicted molar refractivity (Wildman–Crippen MR) is 243 cm³/mol. The highest BCUT2D eigenvalue weighted by Crippen LogP contribution is 2.42. The van der Waals surface area contributed by atoms with Crippen LogP contribution in [0.15, 0.2) is 237 Å². The van der Waals surface area contributed by atoms with Gasteiger partial charge in [-0.3, -0.25) is 0 Å². The van der Waals surface area contributed by atoms with Gasteiger partial charge >= 0.3 is 0 Å². The molecule has 0 N–H and O–H groups in total. The molecule has 0 atom stereocenters. The normalized spacial score (nSPS) is 11.2. The Balaban J connectivity index is 1.05. The molecule has 0 aromatic heterocycles. The molecule has 1 nitrogen and oxygen atoms in total. The number of rotatable bonds is 8. The van der Waals surface area contributed by atoms with E-state index in [1.807, 2.05) is 0 Å². The van der Waals surface area contributed by atoms with Gasteiger partial charge in [0.05, 0.1) is 0 Å². The van der Waals surface area contributed by atoms with Crippen LogP contribution in [0, 0.1) is 0 Å². The molecule has 10 aromatic rings. The highest BCUT2D eigenvalue weighted by atomic mass is 15.1. The zero-order valence-electron chi connectivity index (χ0n) is 31.5. The molecule has 0 fully saturated rings. The van der Waals surface area contributed by atoms with Crippen molar-refractivity contribution in [2.75, 3.05) is 4.90 Å². The Bertz CT molecular complexity index is 2970. The van der Waals surface area contributed by atoms with Gasteiger partial charge in [0.15, 0.2) is 0 Å². The van der Waals surface area contributed by atoms with Crippen molar-refractivity contribution in [3.8, 4) is 55.6 Å². The van der Waals surface area contributed by atoms with Crippen molar-refractivity contribution in [2.45, 2.75) is 0 Å². The summed E-state index contributed by atoms with van der Waals surface area (Å²) in [5.74, 6) is 0. The maximum atomic E-state index is 2.37. The van der Waals surface area contributed by atoms with Crippen LogP contribution in [0.4, 0.5) is 17.1 Å². The Morgan fingerprint density at radius 1 is 0.228 bits per heavy atom. The maximum absolute atomic E-state index is 2.37. The summed E-state index contributed by atoms with van der Waals surface area (Å²) in [6, 6.07) is 85.6. The predicted octanol–water partition coefficient (Wildman–Crippen LogP) is 15.8. The average Bonchev–Trinajstić information content (AvgIpc) is 3.30. The van der Waals surface area contributed by atoms with E-state index >= 15 is 0 Å². The van der Waals surface area contributed by atoms with Crippen LogP contribution < -0.4 is 4.90 Å². The van der Waals surface area contributed by atoms with Gasteiger partial charge in [0.2, 0.25) is 0 Å². The second-order valence-corrected chi connectivity index (χ2v) is 14.6. The van der Waals surface area contributed by atoms with Crippen molar-refractivity contribution in [2.24, 2.45) is 0 Å². The van der Waals surface area contributed by atoms with Gasteiger partial charge in [-0.25, -0.2) is 0 Å². The molecule has 10 aromatic carbocycles. The number of benzene rings is 10. The van der Waals surface area contributed by atoms with Crippen LogP contribution in [-0.2, 0) is 0 Å². The van der Waals surface area contributed by atoms with Crippen molar-refractivity contribution in [1.29, 1.82) is 0 Å². The summed E-state index contributed by atoms with van der Waals surface area (Å²) in [7, 11) is 0. The highest BCUT2D eigenvalue weighted by Gasteiger charge is 2.17. The first-order chi connectivity index (χ1) is 28.2. The molecule has 1 heteroatoms. The van der Waals surface area contributed by atoms with Gasteiger partial charge < -0.3 is 4.90 Å². The molecule has 0 saturated heterocycles. The molecule has 0 aliphatic rings. The van der Waals surface area contributed by atoms with Crippen LogP contribution in [0.1, 0.15) is 0 Å². The van der Waals surface area contributed by atoms with E-state index in [0.717, 1.165) is 17.1 Å². The zero-order valence-corrected chi connectivity index (χ0v) is 31.5. The number of hydrogen-bond acceptors (Lipinski definition) is 1. The number of fused-ring (bicyclic) bond motifs is 2. The molecule has 0 saturated carbocycles. The molecule has 0 unspecified atom stereocenters. The Kier molecular flexibility index (Phi) is 8.95. The Morgan fingerprint density at radius 2 is 0.684 bits per heavy atom. The lowest BCUT2D eigenvalue weighted by molar-refractivity contribution is 1.28. The van der Waals surface area contributed by atoms with Gasteiger partial charge in [-0.15, -0.1) is 0 Å². The largest absolute Gasteiger partial charge is 0.310 e. The molecule has 268 valence electrons. The minimum Gasteiger partial charge on any atom is -0.310 e. The lowest BCUT2D eigenvalue weighted by Crippen LogP contribution is -2.10. The van der Waals surface area contributed by atoms with Crippen molar-refractivity contribution < 1.29 is 0 Å². The van der Waals surface area contributed by atoms with E-state index in [-0.39, 0.29) is 0 Å². The monoisotopic (exact) mass is 725 g/mol. The third-order valence-corrected chi connectivity index (χ3v) is 11.1. The number of hydrogen-bond donors (Lipinski definition) is 0. The van der Waals surface area contributed by atoms with E-state index in [1.54, 1.807) is 0 Å². The van der Waals surface area contributed by atoms with E-state index in [1.165, 1.54) is 77.2 Å². The van der Waals surface area contributed by atoms with Crippen molar-refractivity contribution in [3.63, 3.8) is 0 Å². The quantitative estimate of drug-likeness (QED) is 0.151. The van der Waals surface area contributed by atoms with Gasteiger partial charge in [0.25, 0.3) is 0 Å². The van der Waals surface area contributed by atoms with Crippen LogP contribution in [0.25, 0.3) is 77.2 Å². The van der Waals surface area contributed by atoms with Crippen LogP contribution in [0.5, 0.6) is 0 Å². The van der Waals surface area contributed by atoms with E-state index in [0.29, 0.717) is 0 Å². The summed E-state index contributed by atoms with van der Waals surface area (Å²) in [4.78, 5) is 2.37. The summed E-state index contributed by atoms with van der Waals surface area (Å²) < 4.78 is 0. The fourth-order valence-electron chi connectivity index (χ4n) is 8.15. The molecule has 0 aliphatic carbocycles. The Labute approximate surface area is 334 Å². The second-order valence-electron chi connectivity index (χ2n) is 14.6. The van der Waals surface area contributed by atoms with Gasteiger partial charge in [-0.2, -0.15) is 0 Å². The summed E-state index contributed by atoms with van der Waals surface area (Å²) in [6.45, 7) is 0. The Hall–Kier alpha value is -7.48. The van der Waals surface area contributed by atoms with Crippen LogP contribution in [0.3, 0.4) is 0 Å². The highest BCUT2D eigenvalue weighted by molar-refractivity contribution is 6.04. The fourth-order valence-corrected chi connectivity index (χ4v) is 8.15. The summed E-state index contributed by atoms with van der Waals surface area (Å²) in [5, 5.41) is 4.98. The summed E-state index contributed by atoms with van der Waals surface area (Å²) >= 11 is 0. The first kappa shape index (κ1) is 34.0. The standard InChI is InChI=1S/C56H39N/c1-3-12-40(13-4-1)42-22-24-43(25-23-42)44-28-33-51(34-29-44)57(53-20-11-19-49(39-53)50-27-26-41-14-7-8-18-48(41)38-50)52-35-30-46(31-36-52)55-37-32-45-15-9-10-21-54(45)56(55)47-16-5-2-6-17-47/h1-39H. The lowest BCUT2D eigenvalue weighted by atomic mass is 9.90. The molecule has 0 bridgehead atoms.